The van der Waals surface area contributed by atoms with Gasteiger partial charge in [-0.1, -0.05) is 36.8 Å². The van der Waals surface area contributed by atoms with Crippen molar-refractivity contribution < 1.29 is 9.53 Å². The van der Waals surface area contributed by atoms with Crippen LogP contribution in [0.25, 0.3) is 0 Å². The van der Waals surface area contributed by atoms with E-state index in [-0.39, 0.29) is 12.6 Å². The second kappa shape index (κ2) is 7.76. The van der Waals surface area contributed by atoms with Crippen molar-refractivity contribution in [2.24, 2.45) is 0 Å². The Morgan fingerprint density at radius 1 is 1.32 bits per heavy atom. The average Bonchev–Trinajstić information content (AvgIpc) is 2.73. The highest BCUT2D eigenvalue weighted by atomic mass is 16.6. The minimum absolute atomic E-state index is 0.270. The summed E-state index contributed by atoms with van der Waals surface area (Å²) in [5, 5.41) is 3.32. The minimum atomic E-state index is -0.437. The number of hydrogen-bond acceptors (Lipinski definition) is 4. The largest absolute Gasteiger partial charge is 0.444 e. The lowest BCUT2D eigenvalue weighted by molar-refractivity contribution is 0.132. The molecule has 0 aliphatic carbocycles. The lowest BCUT2D eigenvalue weighted by Crippen LogP contribution is -2.48. The van der Waals surface area contributed by atoms with Gasteiger partial charge in [0.15, 0.2) is 0 Å². The molecule has 1 unspecified atom stereocenters. The van der Waals surface area contributed by atoms with Gasteiger partial charge >= 0.3 is 6.09 Å². The molecule has 1 heterocycles. The van der Waals surface area contributed by atoms with Gasteiger partial charge in [0.1, 0.15) is 6.61 Å². The molecule has 1 amide bonds. The molecule has 1 fully saturated rings. The monoisotopic (exact) mass is 263 g/mol. The predicted octanol–water partition coefficient (Wildman–Crippen LogP) is 1.56. The number of hydrogen-bond donors (Lipinski definition) is 3. The molecule has 0 bridgehead atoms. The molecule has 3 N–H and O–H groups in total. The lowest BCUT2D eigenvalue weighted by atomic mass is 10.1. The van der Waals surface area contributed by atoms with Crippen LogP contribution < -0.4 is 16.2 Å². The van der Waals surface area contributed by atoms with Gasteiger partial charge in [0.25, 0.3) is 0 Å². The maximum absolute atomic E-state index is 11.5. The Balaban J connectivity index is 1.64. The first kappa shape index (κ1) is 13.8. The molecular formula is C14H21N3O2. The van der Waals surface area contributed by atoms with Crippen molar-refractivity contribution in [2.45, 2.75) is 31.9 Å². The van der Waals surface area contributed by atoms with E-state index in [2.05, 4.69) is 16.2 Å². The molecule has 0 saturated carbocycles. The van der Waals surface area contributed by atoms with Crippen LogP contribution in [0.3, 0.4) is 0 Å². The van der Waals surface area contributed by atoms with Gasteiger partial charge in [0, 0.05) is 12.6 Å². The molecule has 104 valence electrons. The van der Waals surface area contributed by atoms with Gasteiger partial charge in [-0.25, -0.2) is 10.2 Å². The maximum atomic E-state index is 11.5. The second-order valence-corrected chi connectivity index (χ2v) is 4.73. The molecule has 0 spiro atoms. The van der Waals surface area contributed by atoms with Crippen molar-refractivity contribution >= 4 is 6.09 Å². The van der Waals surface area contributed by atoms with Crippen LogP contribution >= 0.6 is 0 Å². The number of ether oxygens (including phenoxy) is 1. The van der Waals surface area contributed by atoms with Crippen LogP contribution in [-0.4, -0.2) is 25.2 Å². The molecule has 1 aliphatic heterocycles. The quantitative estimate of drug-likeness (QED) is 0.721. The summed E-state index contributed by atoms with van der Waals surface area (Å²) >= 11 is 0. The summed E-state index contributed by atoms with van der Waals surface area (Å²) in [7, 11) is 0. The highest BCUT2D eigenvalue weighted by Gasteiger charge is 2.12. The molecule has 0 radical (unpaired) electrons. The van der Waals surface area contributed by atoms with E-state index < -0.39 is 6.09 Å². The first-order valence-corrected chi connectivity index (χ1v) is 6.77. The Morgan fingerprint density at radius 3 is 3.00 bits per heavy atom. The fraction of sp³-hybridized carbons (Fsp3) is 0.500. The normalized spacial score (nSPS) is 19.5. The number of nitrogens with one attached hydrogen (secondary N) is 3. The maximum Gasteiger partial charge on any atom is 0.421 e. The summed E-state index contributed by atoms with van der Waals surface area (Å²) in [4.78, 5) is 11.5. The third-order valence-electron chi connectivity index (χ3n) is 3.14. The van der Waals surface area contributed by atoms with Crippen molar-refractivity contribution in [1.82, 2.24) is 16.2 Å². The third kappa shape index (κ3) is 5.28. The van der Waals surface area contributed by atoms with Crippen molar-refractivity contribution in [3.8, 4) is 0 Å². The Morgan fingerprint density at radius 2 is 2.16 bits per heavy atom. The topological polar surface area (TPSA) is 62.4 Å². The number of carbonyl (C=O) groups excluding carboxylic acids is 1. The van der Waals surface area contributed by atoms with Crippen LogP contribution in [0.15, 0.2) is 30.3 Å². The predicted molar refractivity (Wildman–Crippen MR) is 73.4 cm³/mol. The smallest absolute Gasteiger partial charge is 0.421 e. The zero-order chi connectivity index (χ0) is 13.3. The fourth-order valence-corrected chi connectivity index (χ4v) is 2.06. The second-order valence-electron chi connectivity index (χ2n) is 4.73. The van der Waals surface area contributed by atoms with E-state index in [1.54, 1.807) is 0 Å². The van der Waals surface area contributed by atoms with Crippen LogP contribution in [0.4, 0.5) is 4.79 Å². The molecule has 19 heavy (non-hydrogen) atoms. The number of benzene rings is 1. The van der Waals surface area contributed by atoms with Crippen LogP contribution in [0.2, 0.25) is 0 Å². The van der Waals surface area contributed by atoms with Crippen molar-refractivity contribution in [2.75, 3.05) is 13.1 Å². The highest BCUT2D eigenvalue weighted by Crippen LogP contribution is 2.03. The molecule has 1 aromatic carbocycles. The summed E-state index contributed by atoms with van der Waals surface area (Å²) in [5.41, 5.74) is 6.59. The summed E-state index contributed by atoms with van der Waals surface area (Å²) in [6.45, 7) is 2.22. The van der Waals surface area contributed by atoms with Gasteiger partial charge in [-0.3, -0.25) is 5.43 Å². The molecule has 5 heteroatoms. The number of rotatable bonds is 4. The Labute approximate surface area is 113 Å². The van der Waals surface area contributed by atoms with E-state index in [9.17, 15) is 4.79 Å². The minimum Gasteiger partial charge on any atom is -0.444 e. The van der Waals surface area contributed by atoms with Gasteiger partial charge in [-0.2, -0.15) is 0 Å². The molecular weight excluding hydrogens is 242 g/mol. The van der Waals surface area contributed by atoms with Crippen LogP contribution in [-0.2, 0) is 11.3 Å². The van der Waals surface area contributed by atoms with Gasteiger partial charge in [-0.05, 0) is 24.9 Å². The Bertz CT molecular complexity index is 376. The highest BCUT2D eigenvalue weighted by molar-refractivity contribution is 5.66. The summed E-state index contributed by atoms with van der Waals surface area (Å²) in [6.07, 6.45) is 2.99. The molecule has 0 aromatic heterocycles. The van der Waals surface area contributed by atoms with Crippen molar-refractivity contribution in [3.63, 3.8) is 0 Å². The Hall–Kier alpha value is -1.59. The number of hydrazine groups is 1. The molecule has 1 saturated heterocycles. The van der Waals surface area contributed by atoms with Gasteiger partial charge in [0.05, 0.1) is 0 Å². The van der Waals surface area contributed by atoms with Gasteiger partial charge in [-0.15, -0.1) is 0 Å². The molecule has 1 aromatic rings. The van der Waals surface area contributed by atoms with Crippen LogP contribution in [0.1, 0.15) is 24.8 Å². The van der Waals surface area contributed by atoms with Gasteiger partial charge in [0.2, 0.25) is 0 Å². The summed E-state index contributed by atoms with van der Waals surface area (Å²) in [6, 6.07) is 9.90. The standard InChI is InChI=1S/C14H21N3O2/c18-14(19-11-12-6-2-1-3-7-12)17-16-13-8-4-5-9-15-10-13/h1-3,6-7,13,15-16H,4-5,8-11H2,(H,17,18). The van der Waals surface area contributed by atoms with E-state index in [1.165, 1.54) is 12.8 Å². The van der Waals surface area contributed by atoms with Crippen LogP contribution in [0.5, 0.6) is 0 Å². The van der Waals surface area contributed by atoms with Crippen molar-refractivity contribution in [1.29, 1.82) is 0 Å². The van der Waals surface area contributed by atoms with Crippen LogP contribution in [0, 0.1) is 0 Å². The fourth-order valence-electron chi connectivity index (χ4n) is 2.06. The van der Waals surface area contributed by atoms with E-state index in [4.69, 9.17) is 4.74 Å². The summed E-state index contributed by atoms with van der Waals surface area (Å²) in [5.74, 6) is 0. The zero-order valence-electron chi connectivity index (χ0n) is 11.0. The lowest BCUT2D eigenvalue weighted by Gasteiger charge is -2.16. The average molecular weight is 263 g/mol. The SMILES string of the molecule is O=C(NNC1CCCCNC1)OCc1ccccc1. The van der Waals surface area contributed by atoms with E-state index in [0.29, 0.717) is 0 Å². The third-order valence-corrected chi connectivity index (χ3v) is 3.14. The van der Waals surface area contributed by atoms with Gasteiger partial charge < -0.3 is 10.1 Å². The Kier molecular flexibility index (Phi) is 5.65. The summed E-state index contributed by atoms with van der Waals surface area (Å²) < 4.78 is 5.12. The van der Waals surface area contributed by atoms with E-state index >= 15 is 0 Å². The first-order chi connectivity index (χ1) is 9.34. The number of carbonyl (C=O) groups is 1. The molecule has 5 nitrogen and oxygen atoms in total. The molecule has 2 rings (SSSR count). The molecule has 1 atom stereocenters. The number of amides is 1. The van der Waals surface area contributed by atoms with E-state index in [1.807, 2.05) is 30.3 Å². The molecule has 1 aliphatic rings. The van der Waals surface area contributed by atoms with Crippen molar-refractivity contribution in [3.05, 3.63) is 35.9 Å². The first-order valence-electron chi connectivity index (χ1n) is 6.77. The zero-order valence-corrected chi connectivity index (χ0v) is 11.0. The van der Waals surface area contributed by atoms with E-state index in [0.717, 1.165) is 25.1 Å².